The van der Waals surface area contributed by atoms with Gasteiger partial charge in [-0.15, -0.1) is 0 Å². The van der Waals surface area contributed by atoms with Gasteiger partial charge in [-0.1, -0.05) is 25.6 Å². The predicted octanol–water partition coefficient (Wildman–Crippen LogP) is 2.81. The van der Waals surface area contributed by atoms with Gasteiger partial charge in [0.05, 0.1) is 6.61 Å². The van der Waals surface area contributed by atoms with Crippen molar-refractivity contribution in [1.29, 1.82) is 0 Å². The molecule has 0 heterocycles. The molecule has 0 aliphatic heterocycles. The number of benzene rings is 1. The van der Waals surface area contributed by atoms with Crippen LogP contribution in [-0.2, 0) is 0 Å². The van der Waals surface area contributed by atoms with Gasteiger partial charge in [0, 0.05) is 0 Å². The molecule has 1 rings (SSSR count). The minimum atomic E-state index is 0.764. The SMILES string of the molecule is C=[C]c1cccc(OCCC)c1. The lowest BCUT2D eigenvalue weighted by Gasteiger charge is -2.03. The van der Waals surface area contributed by atoms with Gasteiger partial charge in [0.25, 0.3) is 0 Å². The van der Waals surface area contributed by atoms with Crippen molar-refractivity contribution in [2.45, 2.75) is 13.3 Å². The van der Waals surface area contributed by atoms with Crippen molar-refractivity contribution in [3.05, 3.63) is 42.5 Å². The van der Waals surface area contributed by atoms with Crippen molar-refractivity contribution in [1.82, 2.24) is 0 Å². The molecule has 0 fully saturated rings. The fraction of sp³-hybridized carbons (Fsp3) is 0.273. The van der Waals surface area contributed by atoms with Crippen LogP contribution in [0.3, 0.4) is 0 Å². The van der Waals surface area contributed by atoms with Crippen molar-refractivity contribution in [3.8, 4) is 5.75 Å². The summed E-state index contributed by atoms with van der Waals surface area (Å²) in [6.45, 7) is 6.42. The topological polar surface area (TPSA) is 9.23 Å². The number of rotatable bonds is 4. The zero-order valence-electron chi connectivity index (χ0n) is 7.34. The highest BCUT2D eigenvalue weighted by molar-refractivity contribution is 5.31. The van der Waals surface area contributed by atoms with Crippen LogP contribution in [0.1, 0.15) is 18.9 Å². The largest absolute Gasteiger partial charge is 0.494 e. The summed E-state index contributed by atoms with van der Waals surface area (Å²) in [5, 5.41) is 0. The first-order chi connectivity index (χ1) is 5.86. The van der Waals surface area contributed by atoms with Gasteiger partial charge in [0.2, 0.25) is 0 Å². The molecule has 0 saturated carbocycles. The summed E-state index contributed by atoms with van der Waals surface area (Å²) in [4.78, 5) is 0. The van der Waals surface area contributed by atoms with Crippen molar-refractivity contribution in [2.75, 3.05) is 6.61 Å². The molecule has 0 saturated heterocycles. The zero-order valence-corrected chi connectivity index (χ0v) is 7.34. The highest BCUT2D eigenvalue weighted by atomic mass is 16.5. The first-order valence-electron chi connectivity index (χ1n) is 4.12. The van der Waals surface area contributed by atoms with Crippen LogP contribution >= 0.6 is 0 Å². The molecule has 1 aromatic rings. The molecule has 1 nitrogen and oxygen atoms in total. The molecule has 0 N–H and O–H groups in total. The number of ether oxygens (including phenoxy) is 1. The molecule has 0 amide bonds. The Morgan fingerprint density at radius 3 is 3.00 bits per heavy atom. The Labute approximate surface area is 73.7 Å². The summed E-state index contributed by atoms with van der Waals surface area (Å²) in [5.41, 5.74) is 0.976. The average Bonchev–Trinajstić information content (AvgIpc) is 2.15. The van der Waals surface area contributed by atoms with E-state index in [-0.39, 0.29) is 0 Å². The predicted molar refractivity (Wildman–Crippen MR) is 50.2 cm³/mol. The van der Waals surface area contributed by atoms with Crippen LogP contribution in [0, 0.1) is 6.08 Å². The van der Waals surface area contributed by atoms with Crippen LogP contribution in [0.25, 0.3) is 0 Å². The Kier molecular flexibility index (Phi) is 3.39. The van der Waals surface area contributed by atoms with Gasteiger partial charge in [-0.25, -0.2) is 0 Å². The molecule has 0 aliphatic carbocycles. The normalized spacial score (nSPS) is 9.42. The summed E-state index contributed by atoms with van der Waals surface area (Å²) in [5.74, 6) is 0.894. The maximum Gasteiger partial charge on any atom is 0.119 e. The third-order valence-electron chi connectivity index (χ3n) is 1.51. The molecule has 0 spiro atoms. The molecule has 0 unspecified atom stereocenters. The molecular weight excluding hydrogens is 148 g/mol. The van der Waals surface area contributed by atoms with Crippen LogP contribution < -0.4 is 4.74 Å². The second-order valence-electron chi connectivity index (χ2n) is 2.55. The highest BCUT2D eigenvalue weighted by Crippen LogP contribution is 2.12. The number of hydrogen-bond acceptors (Lipinski definition) is 1. The number of hydrogen-bond donors (Lipinski definition) is 0. The third-order valence-corrected chi connectivity index (χ3v) is 1.51. The second-order valence-corrected chi connectivity index (χ2v) is 2.55. The zero-order chi connectivity index (χ0) is 8.81. The van der Waals surface area contributed by atoms with Crippen LogP contribution in [0.15, 0.2) is 30.8 Å². The van der Waals surface area contributed by atoms with E-state index < -0.39 is 0 Å². The molecule has 0 bridgehead atoms. The van der Waals surface area contributed by atoms with E-state index in [1.807, 2.05) is 24.3 Å². The quantitative estimate of drug-likeness (QED) is 0.659. The molecule has 1 aromatic carbocycles. The maximum absolute atomic E-state index is 5.43. The van der Waals surface area contributed by atoms with Crippen LogP contribution in [-0.4, -0.2) is 6.61 Å². The Morgan fingerprint density at radius 1 is 1.50 bits per heavy atom. The summed E-state index contributed by atoms with van der Waals surface area (Å²) < 4.78 is 5.43. The molecule has 0 atom stereocenters. The lowest BCUT2D eigenvalue weighted by Crippen LogP contribution is -1.94. The van der Waals surface area contributed by atoms with Crippen LogP contribution in [0.5, 0.6) is 5.75 Å². The lowest BCUT2D eigenvalue weighted by atomic mass is 10.2. The van der Waals surface area contributed by atoms with Crippen LogP contribution in [0.2, 0.25) is 0 Å². The van der Waals surface area contributed by atoms with Gasteiger partial charge in [0.15, 0.2) is 0 Å². The van der Waals surface area contributed by atoms with Gasteiger partial charge in [0.1, 0.15) is 5.75 Å². The van der Waals surface area contributed by atoms with E-state index in [2.05, 4.69) is 19.6 Å². The first kappa shape index (κ1) is 8.85. The molecule has 1 radical (unpaired) electrons. The van der Waals surface area contributed by atoms with Crippen LogP contribution in [0.4, 0.5) is 0 Å². The molecular formula is C11H13O. The minimum absolute atomic E-state index is 0.764. The summed E-state index contributed by atoms with van der Waals surface area (Å²) in [7, 11) is 0. The van der Waals surface area contributed by atoms with Gasteiger partial charge in [-0.05, 0) is 30.2 Å². The standard InChI is InChI=1S/C11H13O/c1-3-8-12-11-7-5-6-10(4-2)9-11/h5-7,9H,2-3,8H2,1H3. The summed E-state index contributed by atoms with van der Waals surface area (Å²) >= 11 is 0. The smallest absolute Gasteiger partial charge is 0.119 e. The van der Waals surface area contributed by atoms with E-state index >= 15 is 0 Å². The maximum atomic E-state index is 5.43. The van der Waals surface area contributed by atoms with Crippen molar-refractivity contribution < 1.29 is 4.74 Å². The molecule has 0 aliphatic rings. The van der Waals surface area contributed by atoms with E-state index in [9.17, 15) is 0 Å². The minimum Gasteiger partial charge on any atom is -0.494 e. The fourth-order valence-corrected chi connectivity index (χ4v) is 0.916. The van der Waals surface area contributed by atoms with E-state index in [1.165, 1.54) is 0 Å². The first-order valence-corrected chi connectivity index (χ1v) is 4.12. The Balaban J connectivity index is 2.66. The Morgan fingerprint density at radius 2 is 2.33 bits per heavy atom. The van der Waals surface area contributed by atoms with Gasteiger partial charge in [-0.2, -0.15) is 0 Å². The van der Waals surface area contributed by atoms with Crippen molar-refractivity contribution in [3.63, 3.8) is 0 Å². The summed E-state index contributed by atoms with van der Waals surface area (Å²) in [6, 6.07) is 7.77. The highest BCUT2D eigenvalue weighted by Gasteiger charge is 1.92. The molecule has 0 aromatic heterocycles. The Hall–Kier alpha value is -1.24. The molecule has 1 heteroatoms. The second kappa shape index (κ2) is 4.60. The van der Waals surface area contributed by atoms with Crippen molar-refractivity contribution >= 4 is 0 Å². The Bertz CT molecular complexity index is 253. The van der Waals surface area contributed by atoms with E-state index in [0.717, 1.165) is 24.3 Å². The van der Waals surface area contributed by atoms with E-state index in [4.69, 9.17) is 4.74 Å². The van der Waals surface area contributed by atoms with Gasteiger partial charge < -0.3 is 4.74 Å². The summed E-state index contributed by atoms with van der Waals surface area (Å²) in [6.07, 6.45) is 3.84. The fourth-order valence-electron chi connectivity index (χ4n) is 0.916. The lowest BCUT2D eigenvalue weighted by molar-refractivity contribution is 0.317. The molecule has 12 heavy (non-hydrogen) atoms. The van der Waals surface area contributed by atoms with E-state index in [0.29, 0.717) is 0 Å². The third kappa shape index (κ3) is 2.42. The van der Waals surface area contributed by atoms with Gasteiger partial charge >= 0.3 is 0 Å². The van der Waals surface area contributed by atoms with Crippen molar-refractivity contribution in [2.24, 2.45) is 0 Å². The monoisotopic (exact) mass is 161 g/mol. The van der Waals surface area contributed by atoms with Gasteiger partial charge in [-0.3, -0.25) is 0 Å². The molecule has 63 valence electrons. The van der Waals surface area contributed by atoms with E-state index in [1.54, 1.807) is 0 Å². The average molecular weight is 161 g/mol.